The summed E-state index contributed by atoms with van der Waals surface area (Å²) in [7, 11) is -4.09. The SMILES string of the molecule is C[C@H](C1=NC(=O)CC1)S(=O)(=O)O. The van der Waals surface area contributed by atoms with Gasteiger partial charge in [-0.2, -0.15) is 8.42 Å². The van der Waals surface area contributed by atoms with Gasteiger partial charge in [0.1, 0.15) is 5.25 Å². The Balaban J connectivity index is 2.86. The lowest BCUT2D eigenvalue weighted by atomic mass is 10.2. The summed E-state index contributed by atoms with van der Waals surface area (Å²) >= 11 is 0. The number of nitrogens with zero attached hydrogens (tertiary/aromatic N) is 1. The normalized spacial score (nSPS) is 20.8. The van der Waals surface area contributed by atoms with Gasteiger partial charge in [-0.15, -0.1) is 0 Å². The minimum Gasteiger partial charge on any atom is -0.285 e. The van der Waals surface area contributed by atoms with Crippen LogP contribution in [-0.4, -0.2) is 29.8 Å². The highest BCUT2D eigenvalue weighted by Gasteiger charge is 2.27. The molecule has 0 aromatic rings. The molecule has 0 unspecified atom stereocenters. The predicted octanol–water partition coefficient (Wildman–Crippen LogP) is 0.0241. The third kappa shape index (κ3) is 1.89. The molecule has 0 fully saturated rings. The van der Waals surface area contributed by atoms with Crippen LogP contribution in [-0.2, 0) is 14.9 Å². The summed E-state index contributed by atoms with van der Waals surface area (Å²) in [6.07, 6.45) is 0.578. The molecule has 1 heterocycles. The Morgan fingerprint density at radius 2 is 2.08 bits per heavy atom. The van der Waals surface area contributed by atoms with E-state index >= 15 is 0 Å². The fraction of sp³-hybridized carbons (Fsp3) is 0.667. The molecule has 0 aromatic carbocycles. The van der Waals surface area contributed by atoms with Crippen molar-refractivity contribution in [3.63, 3.8) is 0 Å². The van der Waals surface area contributed by atoms with Gasteiger partial charge in [0.05, 0.1) is 0 Å². The smallest absolute Gasteiger partial charge is 0.272 e. The van der Waals surface area contributed by atoms with E-state index < -0.39 is 15.4 Å². The zero-order valence-corrected chi connectivity index (χ0v) is 7.34. The van der Waals surface area contributed by atoms with Crippen LogP contribution in [0, 0.1) is 0 Å². The van der Waals surface area contributed by atoms with Crippen molar-refractivity contribution in [1.29, 1.82) is 0 Å². The molecule has 0 bridgehead atoms. The molecule has 1 aliphatic heterocycles. The summed E-state index contributed by atoms with van der Waals surface area (Å²) in [5, 5.41) is -1.05. The second-order valence-electron chi connectivity index (χ2n) is 2.65. The molecule has 1 N–H and O–H groups in total. The minimum absolute atomic E-state index is 0.245. The molecular weight excluding hydrogens is 182 g/mol. The number of hydrogen-bond acceptors (Lipinski definition) is 3. The highest BCUT2D eigenvalue weighted by atomic mass is 32.2. The first-order valence-electron chi connectivity index (χ1n) is 3.48. The minimum atomic E-state index is -4.09. The van der Waals surface area contributed by atoms with E-state index in [0.717, 1.165) is 0 Å². The van der Waals surface area contributed by atoms with Crippen molar-refractivity contribution in [3.05, 3.63) is 0 Å². The van der Waals surface area contributed by atoms with Crippen LogP contribution in [0.3, 0.4) is 0 Å². The number of rotatable bonds is 2. The average molecular weight is 191 g/mol. The van der Waals surface area contributed by atoms with Crippen LogP contribution in [0.2, 0.25) is 0 Å². The molecule has 1 aliphatic rings. The van der Waals surface area contributed by atoms with Gasteiger partial charge in [-0.25, -0.2) is 4.99 Å². The number of carbonyl (C=O) groups excluding carboxylic acids is 1. The zero-order chi connectivity index (χ0) is 9.35. The molecule has 6 heteroatoms. The molecule has 5 nitrogen and oxygen atoms in total. The van der Waals surface area contributed by atoms with Gasteiger partial charge in [-0.05, 0) is 13.3 Å². The van der Waals surface area contributed by atoms with Crippen LogP contribution in [0.1, 0.15) is 19.8 Å². The van der Waals surface area contributed by atoms with Crippen molar-refractivity contribution in [2.24, 2.45) is 4.99 Å². The Kier molecular flexibility index (Phi) is 2.29. The molecule has 0 aliphatic carbocycles. The van der Waals surface area contributed by atoms with Gasteiger partial charge in [-0.1, -0.05) is 0 Å². The molecule has 0 spiro atoms. The lowest BCUT2D eigenvalue weighted by Crippen LogP contribution is -2.25. The fourth-order valence-electron chi connectivity index (χ4n) is 0.973. The van der Waals surface area contributed by atoms with Crippen molar-refractivity contribution in [2.45, 2.75) is 25.0 Å². The van der Waals surface area contributed by atoms with Gasteiger partial charge < -0.3 is 0 Å². The first kappa shape index (κ1) is 9.34. The first-order chi connectivity index (χ1) is 5.41. The molecule has 0 aromatic heterocycles. The third-order valence-electron chi connectivity index (χ3n) is 1.78. The molecule has 0 saturated heterocycles. The number of hydrogen-bond donors (Lipinski definition) is 1. The van der Waals surface area contributed by atoms with E-state index in [-0.39, 0.29) is 18.0 Å². The van der Waals surface area contributed by atoms with Crippen molar-refractivity contribution >= 4 is 21.7 Å². The lowest BCUT2D eigenvalue weighted by Gasteiger charge is -2.05. The second kappa shape index (κ2) is 2.95. The molecular formula is C6H9NO4S. The van der Waals surface area contributed by atoms with Crippen LogP contribution >= 0.6 is 0 Å². The third-order valence-corrected chi connectivity index (χ3v) is 2.95. The van der Waals surface area contributed by atoms with Gasteiger partial charge in [0.15, 0.2) is 0 Å². The Labute approximate surface area is 70.2 Å². The second-order valence-corrected chi connectivity index (χ2v) is 4.39. The Bertz CT molecular complexity index is 329. The van der Waals surface area contributed by atoms with E-state index in [1.165, 1.54) is 6.92 Å². The van der Waals surface area contributed by atoms with Gasteiger partial charge in [-0.3, -0.25) is 9.35 Å². The molecule has 1 rings (SSSR count). The highest BCUT2D eigenvalue weighted by molar-refractivity contribution is 7.87. The number of carbonyl (C=O) groups is 1. The maximum atomic E-state index is 10.6. The lowest BCUT2D eigenvalue weighted by molar-refractivity contribution is -0.117. The summed E-state index contributed by atoms with van der Waals surface area (Å²) in [6, 6.07) is 0. The van der Waals surface area contributed by atoms with Crippen LogP contribution in [0.25, 0.3) is 0 Å². The van der Waals surface area contributed by atoms with Gasteiger partial charge >= 0.3 is 0 Å². The van der Waals surface area contributed by atoms with E-state index in [9.17, 15) is 13.2 Å². The zero-order valence-electron chi connectivity index (χ0n) is 6.52. The van der Waals surface area contributed by atoms with Gasteiger partial charge in [0, 0.05) is 12.1 Å². The molecule has 0 radical (unpaired) electrons. The summed E-state index contributed by atoms with van der Waals surface area (Å²) in [4.78, 5) is 14.1. The average Bonchev–Trinajstić information content (AvgIpc) is 2.32. The standard InChI is InChI=1S/C6H9NO4S/c1-4(12(9,10)11)5-2-3-6(8)7-5/h4H,2-3H2,1H3,(H,9,10,11)/t4-/m1/s1. The first-order valence-corrected chi connectivity index (χ1v) is 4.98. The molecule has 12 heavy (non-hydrogen) atoms. The molecule has 0 saturated carbocycles. The van der Waals surface area contributed by atoms with Crippen LogP contribution in [0.15, 0.2) is 4.99 Å². The highest BCUT2D eigenvalue weighted by Crippen LogP contribution is 2.13. The number of amides is 1. The van der Waals surface area contributed by atoms with E-state index in [1.54, 1.807) is 0 Å². The largest absolute Gasteiger partial charge is 0.285 e. The van der Waals surface area contributed by atoms with Crippen molar-refractivity contribution < 1.29 is 17.8 Å². The molecule has 1 atom stereocenters. The summed E-state index contributed by atoms with van der Waals surface area (Å²) in [6.45, 7) is 1.31. The van der Waals surface area contributed by atoms with E-state index in [2.05, 4.69) is 4.99 Å². The maximum absolute atomic E-state index is 10.6. The van der Waals surface area contributed by atoms with Crippen LogP contribution < -0.4 is 0 Å². The van der Waals surface area contributed by atoms with Gasteiger partial charge in [0.25, 0.3) is 10.1 Å². The summed E-state index contributed by atoms with van der Waals surface area (Å²) in [5.41, 5.74) is 0.252. The Morgan fingerprint density at radius 3 is 2.42 bits per heavy atom. The predicted molar refractivity (Wildman–Crippen MR) is 42.7 cm³/mol. The molecule has 1 amide bonds. The van der Waals surface area contributed by atoms with E-state index in [1.807, 2.05) is 0 Å². The molecule has 68 valence electrons. The van der Waals surface area contributed by atoms with E-state index in [4.69, 9.17) is 4.55 Å². The van der Waals surface area contributed by atoms with Crippen molar-refractivity contribution in [1.82, 2.24) is 0 Å². The topological polar surface area (TPSA) is 83.8 Å². The maximum Gasteiger partial charge on any atom is 0.272 e. The number of aliphatic imine (C=N–C) groups is 1. The fourth-order valence-corrected chi connectivity index (χ4v) is 1.49. The van der Waals surface area contributed by atoms with E-state index in [0.29, 0.717) is 6.42 Å². The quantitative estimate of drug-likeness (QED) is 0.624. The summed E-state index contributed by atoms with van der Waals surface area (Å²) < 4.78 is 29.8. The van der Waals surface area contributed by atoms with Gasteiger partial charge in [0.2, 0.25) is 5.91 Å². The monoisotopic (exact) mass is 191 g/mol. The van der Waals surface area contributed by atoms with Crippen molar-refractivity contribution in [3.8, 4) is 0 Å². The summed E-state index contributed by atoms with van der Waals surface area (Å²) in [5.74, 6) is -0.319. The Hall–Kier alpha value is -0.750. The Morgan fingerprint density at radius 1 is 1.50 bits per heavy atom. The van der Waals surface area contributed by atoms with Crippen LogP contribution in [0.5, 0.6) is 0 Å². The van der Waals surface area contributed by atoms with Crippen molar-refractivity contribution in [2.75, 3.05) is 0 Å². The van der Waals surface area contributed by atoms with Crippen LogP contribution in [0.4, 0.5) is 0 Å².